The predicted octanol–water partition coefficient (Wildman–Crippen LogP) is 3.41. The summed E-state index contributed by atoms with van der Waals surface area (Å²) in [5, 5.41) is 3.01. The van der Waals surface area contributed by atoms with Crippen LogP contribution in [0.3, 0.4) is 0 Å². The Balaban J connectivity index is 2.22. The Kier molecular flexibility index (Phi) is 5.44. The van der Waals surface area contributed by atoms with Gasteiger partial charge in [-0.1, -0.05) is 12.6 Å². The highest BCUT2D eigenvalue weighted by Crippen LogP contribution is 2.30. The minimum absolute atomic E-state index is 0.335. The average molecular weight is 366 g/mol. The maximum atomic E-state index is 14.0. The Hall–Kier alpha value is -2.77. The van der Waals surface area contributed by atoms with Crippen LogP contribution in [0.2, 0.25) is 0 Å². The number of aromatic nitrogens is 2. The molecule has 0 amide bonds. The number of H-pyrrole nitrogens is 1. The largest absolute Gasteiger partial charge is 0.377 e. The van der Waals surface area contributed by atoms with Crippen molar-refractivity contribution in [3.63, 3.8) is 0 Å². The van der Waals surface area contributed by atoms with E-state index in [4.69, 9.17) is 0 Å². The van der Waals surface area contributed by atoms with Crippen molar-refractivity contribution in [2.24, 2.45) is 0 Å². The third-order valence-corrected chi connectivity index (χ3v) is 3.82. The molecule has 140 valence electrons. The molecule has 2 aromatic rings. The fourth-order valence-corrected chi connectivity index (χ4v) is 2.39. The topological polar surface area (TPSA) is 61.0 Å². The van der Waals surface area contributed by atoms with Crippen molar-refractivity contribution in [2.75, 3.05) is 19.0 Å². The number of rotatable bonds is 6. The van der Waals surface area contributed by atoms with Crippen molar-refractivity contribution < 1.29 is 13.2 Å². The molecule has 26 heavy (non-hydrogen) atoms. The van der Waals surface area contributed by atoms with Crippen LogP contribution in [0, 0.1) is 5.82 Å². The standard InChI is InChI=1S/C18H21F3N4O/c1-10(12-6-7-13(14(19)8-12)18(3,20)21)22-11(2)15-9-16(26)24-17(23-15)25(4)5/h6-10,22H,2H2,1,3-5H3,(H,23,24,26)/t10-/m1/s1. The lowest BCUT2D eigenvalue weighted by molar-refractivity contribution is 0.0137. The molecule has 2 rings (SSSR count). The predicted molar refractivity (Wildman–Crippen MR) is 95.7 cm³/mol. The van der Waals surface area contributed by atoms with E-state index in [1.165, 1.54) is 12.1 Å². The first-order valence-electron chi connectivity index (χ1n) is 7.91. The first kappa shape index (κ1) is 19.6. The number of hydrogen-bond donors (Lipinski definition) is 2. The summed E-state index contributed by atoms with van der Waals surface area (Å²) in [5.41, 5.74) is 0.168. The molecule has 0 fully saturated rings. The van der Waals surface area contributed by atoms with Gasteiger partial charge in [0.2, 0.25) is 5.95 Å². The van der Waals surface area contributed by atoms with Crippen molar-refractivity contribution in [1.29, 1.82) is 0 Å². The number of anilines is 1. The van der Waals surface area contributed by atoms with Gasteiger partial charge in [-0.05, 0) is 24.6 Å². The molecule has 1 aromatic heterocycles. The zero-order valence-corrected chi connectivity index (χ0v) is 15.0. The van der Waals surface area contributed by atoms with Crippen molar-refractivity contribution in [3.05, 3.63) is 63.8 Å². The Morgan fingerprint density at radius 1 is 1.35 bits per heavy atom. The van der Waals surface area contributed by atoms with Crippen LogP contribution in [0.5, 0.6) is 0 Å². The number of aromatic amines is 1. The molecule has 0 unspecified atom stereocenters. The molecular formula is C18H21F3N4O. The molecule has 1 aromatic carbocycles. The van der Waals surface area contributed by atoms with E-state index in [0.29, 0.717) is 29.8 Å². The van der Waals surface area contributed by atoms with Crippen LogP contribution in [0.1, 0.15) is 36.7 Å². The first-order valence-corrected chi connectivity index (χ1v) is 7.91. The fraction of sp³-hybridized carbons (Fsp3) is 0.333. The Morgan fingerprint density at radius 2 is 2.00 bits per heavy atom. The Morgan fingerprint density at radius 3 is 2.54 bits per heavy atom. The van der Waals surface area contributed by atoms with E-state index in [-0.39, 0.29) is 5.56 Å². The molecule has 0 bridgehead atoms. The summed E-state index contributed by atoms with van der Waals surface area (Å²) in [6, 6.07) is 4.42. The van der Waals surface area contributed by atoms with Gasteiger partial charge in [-0.3, -0.25) is 9.78 Å². The van der Waals surface area contributed by atoms with Gasteiger partial charge < -0.3 is 10.2 Å². The minimum Gasteiger partial charge on any atom is -0.377 e. The summed E-state index contributed by atoms with van der Waals surface area (Å²) >= 11 is 0. The van der Waals surface area contributed by atoms with E-state index in [1.54, 1.807) is 25.9 Å². The van der Waals surface area contributed by atoms with Crippen LogP contribution < -0.4 is 15.8 Å². The van der Waals surface area contributed by atoms with Gasteiger partial charge in [0.25, 0.3) is 11.5 Å². The summed E-state index contributed by atoms with van der Waals surface area (Å²) in [5.74, 6) is -3.86. The quantitative estimate of drug-likeness (QED) is 0.823. The van der Waals surface area contributed by atoms with Gasteiger partial charge in [0.15, 0.2) is 0 Å². The van der Waals surface area contributed by atoms with Crippen molar-refractivity contribution in [3.8, 4) is 0 Å². The summed E-state index contributed by atoms with van der Waals surface area (Å²) < 4.78 is 40.6. The van der Waals surface area contributed by atoms with Crippen LogP contribution in [-0.2, 0) is 5.92 Å². The number of nitrogens with one attached hydrogen (secondary N) is 2. The summed E-state index contributed by atoms with van der Waals surface area (Å²) in [6.45, 7) is 6.23. The third-order valence-electron chi connectivity index (χ3n) is 3.82. The highest BCUT2D eigenvalue weighted by Gasteiger charge is 2.28. The van der Waals surface area contributed by atoms with Crippen LogP contribution in [0.4, 0.5) is 19.1 Å². The van der Waals surface area contributed by atoms with Gasteiger partial charge in [-0.25, -0.2) is 18.2 Å². The lowest BCUT2D eigenvalue weighted by Crippen LogP contribution is -2.23. The smallest absolute Gasteiger partial charge is 0.273 e. The van der Waals surface area contributed by atoms with Crippen molar-refractivity contribution >= 4 is 11.6 Å². The zero-order valence-electron chi connectivity index (χ0n) is 15.0. The lowest BCUT2D eigenvalue weighted by atomic mass is 10.0. The maximum absolute atomic E-state index is 14.0. The van der Waals surface area contributed by atoms with E-state index in [0.717, 1.165) is 12.1 Å². The molecule has 0 saturated heterocycles. The number of benzene rings is 1. The monoisotopic (exact) mass is 366 g/mol. The molecule has 0 spiro atoms. The maximum Gasteiger partial charge on any atom is 0.273 e. The van der Waals surface area contributed by atoms with E-state index in [1.807, 2.05) is 0 Å². The van der Waals surface area contributed by atoms with Gasteiger partial charge in [-0.15, -0.1) is 0 Å². The van der Waals surface area contributed by atoms with E-state index in [9.17, 15) is 18.0 Å². The van der Waals surface area contributed by atoms with Gasteiger partial charge in [-0.2, -0.15) is 0 Å². The molecule has 0 saturated carbocycles. The number of hydrogen-bond acceptors (Lipinski definition) is 4. The zero-order chi connectivity index (χ0) is 19.6. The molecule has 1 heterocycles. The number of alkyl halides is 2. The molecular weight excluding hydrogens is 345 g/mol. The van der Waals surface area contributed by atoms with Gasteiger partial charge in [0.1, 0.15) is 5.82 Å². The lowest BCUT2D eigenvalue weighted by Gasteiger charge is -2.20. The van der Waals surface area contributed by atoms with Crippen LogP contribution in [0.15, 0.2) is 35.6 Å². The van der Waals surface area contributed by atoms with Crippen LogP contribution in [0.25, 0.3) is 5.70 Å². The van der Waals surface area contributed by atoms with Crippen LogP contribution in [-0.4, -0.2) is 24.1 Å². The molecule has 1 atom stereocenters. The van der Waals surface area contributed by atoms with Crippen molar-refractivity contribution in [2.45, 2.75) is 25.8 Å². The normalized spacial score (nSPS) is 12.6. The van der Waals surface area contributed by atoms with E-state index < -0.39 is 23.3 Å². The molecule has 0 aliphatic rings. The molecule has 2 N–H and O–H groups in total. The SMILES string of the molecule is C=C(N[C@H](C)c1ccc(C(C)(F)F)c(F)c1)c1cc(=O)[nH]c(N(C)C)n1. The molecule has 0 aliphatic carbocycles. The summed E-state index contributed by atoms with van der Waals surface area (Å²) in [7, 11) is 3.46. The average Bonchev–Trinajstić information content (AvgIpc) is 2.52. The second-order valence-corrected chi connectivity index (χ2v) is 6.32. The highest BCUT2D eigenvalue weighted by molar-refractivity contribution is 5.59. The van der Waals surface area contributed by atoms with Crippen molar-refractivity contribution in [1.82, 2.24) is 15.3 Å². The third kappa shape index (κ3) is 4.44. The summed E-state index contributed by atoms with van der Waals surface area (Å²) in [6.07, 6.45) is 0. The number of halogens is 3. The molecule has 0 aliphatic heterocycles. The second kappa shape index (κ2) is 7.23. The summed E-state index contributed by atoms with van der Waals surface area (Å²) in [4.78, 5) is 20.2. The fourth-order valence-electron chi connectivity index (χ4n) is 2.39. The second-order valence-electron chi connectivity index (χ2n) is 6.32. The van der Waals surface area contributed by atoms with E-state index >= 15 is 0 Å². The van der Waals surface area contributed by atoms with Gasteiger partial charge >= 0.3 is 0 Å². The highest BCUT2D eigenvalue weighted by atomic mass is 19.3. The van der Waals surface area contributed by atoms with Gasteiger partial charge in [0, 0.05) is 33.1 Å². The Labute approximate surface area is 149 Å². The molecule has 0 radical (unpaired) electrons. The minimum atomic E-state index is -3.25. The molecule has 5 nitrogen and oxygen atoms in total. The number of nitrogens with zero attached hydrogens (tertiary/aromatic N) is 2. The van der Waals surface area contributed by atoms with E-state index in [2.05, 4.69) is 21.9 Å². The first-order chi connectivity index (χ1) is 12.0. The molecule has 8 heteroatoms. The van der Waals surface area contributed by atoms with Gasteiger partial charge in [0.05, 0.1) is 17.0 Å². The Bertz CT molecular complexity index is 871. The van der Waals surface area contributed by atoms with Crippen LogP contribution >= 0.6 is 0 Å².